The highest BCUT2D eigenvalue weighted by Crippen LogP contribution is 2.26. The van der Waals surface area contributed by atoms with Crippen molar-refractivity contribution in [2.24, 2.45) is 5.92 Å². The lowest BCUT2D eigenvalue weighted by Crippen LogP contribution is -2.32. The molecule has 8 nitrogen and oxygen atoms in total. The summed E-state index contributed by atoms with van der Waals surface area (Å²) in [5, 5.41) is 7.65. The van der Waals surface area contributed by atoms with E-state index in [-0.39, 0.29) is 12.0 Å². The zero-order valence-corrected chi connectivity index (χ0v) is 14.0. The second-order valence-electron chi connectivity index (χ2n) is 6.01. The van der Waals surface area contributed by atoms with Gasteiger partial charge < -0.3 is 14.4 Å². The van der Waals surface area contributed by atoms with Gasteiger partial charge in [0.2, 0.25) is 5.95 Å². The molecule has 8 heteroatoms. The number of methoxy groups -OCH3 is 2. The van der Waals surface area contributed by atoms with Crippen LogP contribution in [0.4, 0.5) is 5.95 Å². The van der Waals surface area contributed by atoms with Crippen molar-refractivity contribution in [3.63, 3.8) is 0 Å². The molecule has 0 bridgehead atoms. The number of aromatic amines is 1. The summed E-state index contributed by atoms with van der Waals surface area (Å²) < 4.78 is 10.3. The Morgan fingerprint density at radius 2 is 1.83 bits per heavy atom. The van der Waals surface area contributed by atoms with Gasteiger partial charge in [0.1, 0.15) is 0 Å². The van der Waals surface area contributed by atoms with E-state index in [2.05, 4.69) is 43.9 Å². The lowest BCUT2D eigenvalue weighted by Gasteiger charge is -2.27. The topological polar surface area (TPSA) is 89.0 Å². The van der Waals surface area contributed by atoms with Crippen LogP contribution in [0.1, 0.15) is 30.8 Å². The first-order valence-corrected chi connectivity index (χ1v) is 7.74. The van der Waals surface area contributed by atoms with E-state index in [1.54, 1.807) is 0 Å². The van der Waals surface area contributed by atoms with Crippen molar-refractivity contribution in [2.45, 2.75) is 33.2 Å². The average Bonchev–Trinajstić information content (AvgIpc) is 2.95. The monoisotopic (exact) mass is 318 g/mol. The van der Waals surface area contributed by atoms with Crippen LogP contribution in [-0.4, -0.2) is 45.9 Å². The van der Waals surface area contributed by atoms with Gasteiger partial charge in [0.15, 0.2) is 0 Å². The molecule has 3 rings (SSSR count). The molecule has 0 atom stereocenters. The van der Waals surface area contributed by atoms with Gasteiger partial charge in [-0.05, 0) is 12.3 Å². The molecule has 0 saturated heterocycles. The normalized spacial score (nSPS) is 14.0. The van der Waals surface area contributed by atoms with Crippen LogP contribution in [0.25, 0.3) is 0 Å². The third-order valence-electron chi connectivity index (χ3n) is 3.85. The summed E-state index contributed by atoms with van der Waals surface area (Å²) in [5.41, 5.74) is 3.60. The van der Waals surface area contributed by atoms with Gasteiger partial charge in [0.25, 0.3) is 0 Å². The molecule has 1 aliphatic rings. The maximum absolute atomic E-state index is 5.13. The summed E-state index contributed by atoms with van der Waals surface area (Å²) in [6, 6.07) is 0.513. The molecule has 0 spiro atoms. The SMILES string of the molecule is COc1nc(OC)nc(N2CCc3[nH]nc(CC(C)C)c3C2)n1. The Morgan fingerprint density at radius 1 is 1.13 bits per heavy atom. The van der Waals surface area contributed by atoms with E-state index >= 15 is 0 Å². The van der Waals surface area contributed by atoms with Crippen LogP contribution in [0, 0.1) is 5.92 Å². The van der Waals surface area contributed by atoms with E-state index in [4.69, 9.17) is 9.47 Å². The lowest BCUT2D eigenvalue weighted by molar-refractivity contribution is 0.339. The van der Waals surface area contributed by atoms with Crippen molar-refractivity contribution in [2.75, 3.05) is 25.7 Å². The molecule has 0 amide bonds. The molecular formula is C15H22N6O2. The van der Waals surface area contributed by atoms with Crippen LogP contribution in [-0.2, 0) is 19.4 Å². The minimum Gasteiger partial charge on any atom is -0.467 e. The Hall–Kier alpha value is -2.38. The van der Waals surface area contributed by atoms with E-state index in [0.29, 0.717) is 11.9 Å². The van der Waals surface area contributed by atoms with E-state index in [0.717, 1.165) is 31.6 Å². The Morgan fingerprint density at radius 3 is 2.43 bits per heavy atom. The summed E-state index contributed by atoms with van der Waals surface area (Å²) in [6.07, 6.45) is 1.85. The molecule has 0 saturated carbocycles. The molecule has 1 aliphatic heterocycles. The van der Waals surface area contributed by atoms with Crippen LogP contribution in [0.2, 0.25) is 0 Å². The molecule has 23 heavy (non-hydrogen) atoms. The molecule has 0 aromatic carbocycles. The fourth-order valence-corrected chi connectivity index (χ4v) is 2.73. The molecule has 3 heterocycles. The molecule has 0 fully saturated rings. The number of nitrogens with zero attached hydrogens (tertiary/aromatic N) is 5. The number of fused-ring (bicyclic) bond motifs is 1. The summed E-state index contributed by atoms with van der Waals surface area (Å²) in [7, 11) is 3.06. The van der Waals surface area contributed by atoms with Gasteiger partial charge in [-0.15, -0.1) is 4.98 Å². The zero-order chi connectivity index (χ0) is 16.4. The second-order valence-corrected chi connectivity index (χ2v) is 6.01. The van der Waals surface area contributed by atoms with Gasteiger partial charge in [-0.3, -0.25) is 5.10 Å². The number of anilines is 1. The fourth-order valence-electron chi connectivity index (χ4n) is 2.73. The first kappa shape index (κ1) is 15.5. The van der Waals surface area contributed by atoms with Gasteiger partial charge in [-0.25, -0.2) is 0 Å². The standard InChI is InChI=1S/C15H22N6O2/c1-9(2)7-12-10-8-21(6-5-11(10)19-20-12)13-16-14(22-3)18-15(17-13)23-4/h9H,5-8H2,1-4H3,(H,19,20). The molecule has 2 aromatic heterocycles. The molecular weight excluding hydrogens is 296 g/mol. The summed E-state index contributed by atoms with van der Waals surface area (Å²) in [5.74, 6) is 1.13. The highest BCUT2D eigenvalue weighted by molar-refractivity contribution is 5.40. The van der Waals surface area contributed by atoms with Crippen molar-refractivity contribution >= 4 is 5.95 Å². The highest BCUT2D eigenvalue weighted by Gasteiger charge is 2.25. The summed E-state index contributed by atoms with van der Waals surface area (Å²) in [6.45, 7) is 5.93. The second kappa shape index (κ2) is 6.39. The number of hydrogen-bond acceptors (Lipinski definition) is 7. The minimum absolute atomic E-state index is 0.257. The van der Waals surface area contributed by atoms with Crippen LogP contribution >= 0.6 is 0 Å². The number of rotatable bonds is 5. The average molecular weight is 318 g/mol. The smallest absolute Gasteiger partial charge is 0.324 e. The zero-order valence-electron chi connectivity index (χ0n) is 14.0. The largest absolute Gasteiger partial charge is 0.467 e. The van der Waals surface area contributed by atoms with E-state index in [1.807, 2.05) is 0 Å². The summed E-state index contributed by atoms with van der Waals surface area (Å²) >= 11 is 0. The first-order chi connectivity index (χ1) is 11.1. The molecule has 1 N–H and O–H groups in total. The van der Waals surface area contributed by atoms with Gasteiger partial charge in [-0.2, -0.15) is 15.1 Å². The maximum atomic E-state index is 5.13. The van der Waals surface area contributed by atoms with Crippen molar-refractivity contribution in [1.82, 2.24) is 25.1 Å². The van der Waals surface area contributed by atoms with E-state index < -0.39 is 0 Å². The molecule has 0 radical (unpaired) electrons. The highest BCUT2D eigenvalue weighted by atomic mass is 16.5. The summed E-state index contributed by atoms with van der Waals surface area (Å²) in [4.78, 5) is 14.8. The molecule has 124 valence electrons. The van der Waals surface area contributed by atoms with Gasteiger partial charge in [-0.1, -0.05) is 13.8 Å². The van der Waals surface area contributed by atoms with Crippen molar-refractivity contribution in [3.05, 3.63) is 17.0 Å². The van der Waals surface area contributed by atoms with Crippen LogP contribution in [0.15, 0.2) is 0 Å². The lowest BCUT2D eigenvalue weighted by atomic mass is 10.00. The third-order valence-corrected chi connectivity index (χ3v) is 3.85. The van der Waals surface area contributed by atoms with Gasteiger partial charge in [0.05, 0.1) is 19.9 Å². The Kier molecular flexibility index (Phi) is 4.31. The Labute approximate surface area is 135 Å². The van der Waals surface area contributed by atoms with Crippen molar-refractivity contribution in [1.29, 1.82) is 0 Å². The minimum atomic E-state index is 0.257. The van der Waals surface area contributed by atoms with Crippen LogP contribution < -0.4 is 14.4 Å². The predicted octanol–water partition coefficient (Wildman–Crippen LogP) is 1.37. The Balaban J connectivity index is 1.88. The first-order valence-electron chi connectivity index (χ1n) is 7.74. The number of ether oxygens (including phenoxy) is 2. The van der Waals surface area contributed by atoms with E-state index in [9.17, 15) is 0 Å². The van der Waals surface area contributed by atoms with Crippen molar-refractivity contribution < 1.29 is 9.47 Å². The number of aromatic nitrogens is 5. The fraction of sp³-hybridized carbons (Fsp3) is 0.600. The molecule has 2 aromatic rings. The quantitative estimate of drug-likeness (QED) is 0.890. The van der Waals surface area contributed by atoms with Gasteiger partial charge in [0, 0.05) is 30.8 Å². The van der Waals surface area contributed by atoms with E-state index in [1.165, 1.54) is 25.5 Å². The van der Waals surface area contributed by atoms with Crippen LogP contribution in [0.3, 0.4) is 0 Å². The number of H-pyrrole nitrogens is 1. The number of nitrogens with one attached hydrogen (secondary N) is 1. The third kappa shape index (κ3) is 3.20. The maximum Gasteiger partial charge on any atom is 0.324 e. The Bertz CT molecular complexity index is 662. The molecule has 0 aliphatic carbocycles. The molecule has 0 unspecified atom stereocenters. The number of hydrogen-bond donors (Lipinski definition) is 1. The predicted molar refractivity (Wildman–Crippen MR) is 84.8 cm³/mol. The van der Waals surface area contributed by atoms with Crippen molar-refractivity contribution in [3.8, 4) is 12.0 Å². The van der Waals surface area contributed by atoms with Crippen LogP contribution in [0.5, 0.6) is 12.0 Å². The van der Waals surface area contributed by atoms with Gasteiger partial charge >= 0.3 is 12.0 Å².